The first-order valence-corrected chi connectivity index (χ1v) is 11.5. The van der Waals surface area contributed by atoms with E-state index in [9.17, 15) is 8.42 Å². The number of hydrogen-bond donors (Lipinski definition) is 0. The summed E-state index contributed by atoms with van der Waals surface area (Å²) in [6.45, 7) is 5.36. The summed E-state index contributed by atoms with van der Waals surface area (Å²) in [5, 5.41) is 0.0299. The maximum absolute atomic E-state index is 11.8. The van der Waals surface area contributed by atoms with Gasteiger partial charge in [-0.1, -0.05) is 13.1 Å². The lowest BCUT2D eigenvalue weighted by Crippen LogP contribution is -2.13. The molecule has 0 aliphatic heterocycles. The third-order valence-corrected chi connectivity index (χ3v) is 5.27. The normalized spacial score (nSPS) is 12.4. The average molecular weight is 313 g/mol. The highest BCUT2D eigenvalue weighted by molar-refractivity contribution is 7.90. The van der Waals surface area contributed by atoms with E-state index in [4.69, 9.17) is 4.74 Å². The Morgan fingerprint density at radius 2 is 2.15 bits per heavy atom. The number of rotatable bonds is 6. The van der Waals surface area contributed by atoms with Crippen molar-refractivity contribution in [3.8, 4) is 0 Å². The lowest BCUT2D eigenvalue weighted by molar-refractivity contribution is 0.0842. The van der Waals surface area contributed by atoms with Crippen LogP contribution < -0.4 is 0 Å². The lowest BCUT2D eigenvalue weighted by atomic mass is 10.4. The van der Waals surface area contributed by atoms with Gasteiger partial charge in [0.2, 0.25) is 15.0 Å². The van der Waals surface area contributed by atoms with Gasteiger partial charge >= 0.3 is 0 Å². The molecule has 0 bridgehead atoms. The zero-order valence-corrected chi connectivity index (χ0v) is 13.9. The number of pyridine rings is 1. The summed E-state index contributed by atoms with van der Waals surface area (Å²) < 4.78 is 30.8. The highest BCUT2D eigenvalue weighted by Gasteiger charge is 2.19. The van der Waals surface area contributed by atoms with Crippen molar-refractivity contribution in [3.05, 3.63) is 18.5 Å². The van der Waals surface area contributed by atoms with Gasteiger partial charge in [-0.25, -0.2) is 13.4 Å². The molecule has 110 valence electrons. The molecule has 0 spiro atoms. The van der Waals surface area contributed by atoms with Crippen molar-refractivity contribution in [1.82, 2.24) is 14.5 Å². The second-order valence-electron chi connectivity index (χ2n) is 5.18. The van der Waals surface area contributed by atoms with Gasteiger partial charge in [0.15, 0.2) is 0 Å². The molecule has 2 rings (SSSR count). The molecule has 2 aromatic rings. The Balaban J connectivity index is 2.29. The van der Waals surface area contributed by atoms with Crippen LogP contribution in [0.2, 0.25) is 19.1 Å². The van der Waals surface area contributed by atoms with Crippen molar-refractivity contribution in [2.24, 2.45) is 0 Å². The second-order valence-corrected chi connectivity index (χ2v) is 10.5. The van der Waals surface area contributed by atoms with Crippen LogP contribution in [0.5, 0.6) is 0 Å². The molecule has 8 heteroatoms. The number of imidazole rings is 1. The maximum atomic E-state index is 11.8. The number of aromatic nitrogens is 3. The predicted octanol–water partition coefficient (Wildman–Crippen LogP) is 1.30. The topological polar surface area (TPSA) is 74.1 Å². The van der Waals surface area contributed by atoms with E-state index < -0.39 is 18.6 Å². The van der Waals surface area contributed by atoms with Crippen LogP contribution in [0.15, 0.2) is 23.6 Å². The van der Waals surface area contributed by atoms with E-state index in [1.165, 1.54) is 0 Å². The highest BCUT2D eigenvalue weighted by atomic mass is 32.2. The molecule has 0 amide bonds. The SMILES string of the molecule is C[SiH](C)CCOCn1c(S(C)(=O)=O)nc2cnccc21. The van der Waals surface area contributed by atoms with E-state index >= 15 is 0 Å². The lowest BCUT2D eigenvalue weighted by Gasteiger charge is -2.09. The zero-order valence-electron chi connectivity index (χ0n) is 11.9. The second kappa shape index (κ2) is 6.02. The van der Waals surface area contributed by atoms with Crippen LogP contribution in [0.3, 0.4) is 0 Å². The highest BCUT2D eigenvalue weighted by Crippen LogP contribution is 2.18. The molecule has 6 nitrogen and oxygen atoms in total. The number of fused-ring (bicyclic) bond motifs is 1. The smallest absolute Gasteiger partial charge is 0.230 e. The summed E-state index contributed by atoms with van der Waals surface area (Å²) in [6.07, 6.45) is 4.33. The first-order chi connectivity index (χ1) is 9.39. The van der Waals surface area contributed by atoms with E-state index in [1.54, 1.807) is 23.0 Å². The predicted molar refractivity (Wildman–Crippen MR) is 80.3 cm³/mol. The van der Waals surface area contributed by atoms with Crippen molar-refractivity contribution in [2.45, 2.75) is 31.0 Å². The number of hydrogen-bond acceptors (Lipinski definition) is 5. The van der Waals surface area contributed by atoms with Crippen molar-refractivity contribution in [1.29, 1.82) is 0 Å². The molecule has 2 aromatic heterocycles. The fourth-order valence-electron chi connectivity index (χ4n) is 1.84. The minimum Gasteiger partial charge on any atom is -0.361 e. The number of sulfone groups is 1. The molecule has 0 saturated heterocycles. The molecule has 0 atom stereocenters. The van der Waals surface area contributed by atoms with Crippen LogP contribution in [0.25, 0.3) is 11.0 Å². The minimum absolute atomic E-state index is 0.0299. The third kappa shape index (κ3) is 3.44. The summed E-state index contributed by atoms with van der Waals surface area (Å²) >= 11 is 0. The number of ether oxygens (including phenoxy) is 1. The summed E-state index contributed by atoms with van der Waals surface area (Å²) in [7, 11) is -4.05. The quantitative estimate of drug-likeness (QED) is 0.593. The summed E-state index contributed by atoms with van der Waals surface area (Å²) in [4.78, 5) is 8.10. The first-order valence-electron chi connectivity index (χ1n) is 6.47. The maximum Gasteiger partial charge on any atom is 0.230 e. The fraction of sp³-hybridized carbons (Fsp3) is 0.500. The van der Waals surface area contributed by atoms with Gasteiger partial charge in [-0.2, -0.15) is 0 Å². The largest absolute Gasteiger partial charge is 0.361 e. The molecule has 0 aliphatic rings. The first kappa shape index (κ1) is 15.1. The number of nitrogens with zero attached hydrogens (tertiary/aromatic N) is 3. The van der Waals surface area contributed by atoms with Gasteiger partial charge in [-0.05, 0) is 12.1 Å². The fourth-order valence-corrected chi connectivity index (χ4v) is 3.30. The van der Waals surface area contributed by atoms with Gasteiger partial charge in [0.05, 0.1) is 11.7 Å². The summed E-state index contributed by atoms with van der Waals surface area (Å²) in [6, 6.07) is 2.82. The molecular weight excluding hydrogens is 294 g/mol. The van der Waals surface area contributed by atoms with Crippen LogP contribution in [-0.2, 0) is 21.3 Å². The molecule has 0 fully saturated rings. The Morgan fingerprint density at radius 1 is 1.40 bits per heavy atom. The Morgan fingerprint density at radius 3 is 2.80 bits per heavy atom. The molecule has 0 unspecified atom stereocenters. The van der Waals surface area contributed by atoms with Gasteiger partial charge in [0.1, 0.15) is 12.2 Å². The van der Waals surface area contributed by atoms with Gasteiger partial charge < -0.3 is 4.74 Å². The summed E-state index contributed by atoms with van der Waals surface area (Å²) in [5.74, 6) is 0. The van der Waals surface area contributed by atoms with Crippen LogP contribution >= 0.6 is 0 Å². The van der Waals surface area contributed by atoms with Gasteiger partial charge in [-0.3, -0.25) is 9.55 Å². The third-order valence-electron chi connectivity index (χ3n) is 2.91. The van der Waals surface area contributed by atoms with Crippen LogP contribution in [0, 0.1) is 0 Å². The van der Waals surface area contributed by atoms with Crippen molar-refractivity contribution in [2.75, 3.05) is 12.9 Å². The Labute approximate surface area is 120 Å². The van der Waals surface area contributed by atoms with Crippen LogP contribution in [-0.4, -0.2) is 44.6 Å². The minimum atomic E-state index is -3.40. The molecule has 0 aliphatic carbocycles. The molecule has 0 saturated carbocycles. The standard InChI is InChI=1S/C12H19N3O3SSi/c1-19(16,17)12-14-10-8-13-5-4-11(10)15(12)9-18-6-7-20(2)3/h4-5,8,20H,6-7,9H2,1-3H3. The zero-order chi connectivity index (χ0) is 14.8. The molecular formula is C12H19N3O3SSi. The molecule has 0 N–H and O–H groups in total. The van der Waals surface area contributed by atoms with E-state index in [1.807, 2.05) is 0 Å². The van der Waals surface area contributed by atoms with Crippen LogP contribution in [0.1, 0.15) is 0 Å². The van der Waals surface area contributed by atoms with Gasteiger partial charge in [-0.15, -0.1) is 0 Å². The monoisotopic (exact) mass is 313 g/mol. The van der Waals surface area contributed by atoms with Crippen molar-refractivity contribution >= 4 is 29.7 Å². The van der Waals surface area contributed by atoms with Crippen molar-refractivity contribution < 1.29 is 13.2 Å². The van der Waals surface area contributed by atoms with Crippen LogP contribution in [0.4, 0.5) is 0 Å². The average Bonchev–Trinajstić information content (AvgIpc) is 2.73. The Hall–Kier alpha value is -1.25. The van der Waals surface area contributed by atoms with Crippen molar-refractivity contribution in [3.63, 3.8) is 0 Å². The Kier molecular flexibility index (Phi) is 4.56. The van der Waals surface area contributed by atoms with E-state index in [0.717, 1.165) is 17.8 Å². The molecule has 0 aromatic carbocycles. The Bertz CT molecular complexity index is 697. The molecule has 2 heterocycles. The van der Waals surface area contributed by atoms with Gasteiger partial charge in [0.25, 0.3) is 0 Å². The van der Waals surface area contributed by atoms with Gasteiger partial charge in [0, 0.05) is 27.9 Å². The van der Waals surface area contributed by atoms with E-state index in [-0.39, 0.29) is 11.9 Å². The summed E-state index contributed by atoms with van der Waals surface area (Å²) in [5.41, 5.74) is 1.29. The molecule has 0 radical (unpaired) electrons. The van der Waals surface area contributed by atoms with E-state index in [0.29, 0.717) is 12.1 Å². The van der Waals surface area contributed by atoms with E-state index in [2.05, 4.69) is 23.1 Å². The molecule has 20 heavy (non-hydrogen) atoms.